The van der Waals surface area contributed by atoms with Crippen LogP contribution in [0.1, 0.15) is 42.5 Å². The highest BCUT2D eigenvalue weighted by molar-refractivity contribution is 6.32. The zero-order valence-corrected chi connectivity index (χ0v) is 14.8. The molecule has 24 heavy (non-hydrogen) atoms. The molecule has 130 valence electrons. The number of nitrogens with zero attached hydrogens (tertiary/aromatic N) is 3. The molecule has 0 unspecified atom stereocenters. The molecular formula is C17H23ClN4O2. The Hall–Kier alpha value is -1.63. The summed E-state index contributed by atoms with van der Waals surface area (Å²) >= 11 is 6.25. The topological polar surface area (TPSA) is 63.3 Å². The van der Waals surface area contributed by atoms with Crippen LogP contribution in [0.3, 0.4) is 0 Å². The molecule has 1 N–H and O–H groups in total. The van der Waals surface area contributed by atoms with Crippen molar-refractivity contribution in [2.24, 2.45) is 0 Å². The Labute approximate surface area is 147 Å². The van der Waals surface area contributed by atoms with Gasteiger partial charge in [0.25, 0.3) is 0 Å². The standard InChI is InChI=1S/C17H23ClN4O2/c1-23-11-16-19-17(21-20-16)14-5-3-4-8-22(14)10-12-6-7-15(24-2)13(18)9-12/h6-7,9,14H,3-5,8,10-11H2,1-2H3,(H,19,20,21)/t14-/m1/s1. The van der Waals surface area contributed by atoms with Crippen molar-refractivity contribution in [2.75, 3.05) is 20.8 Å². The summed E-state index contributed by atoms with van der Waals surface area (Å²) in [5.41, 5.74) is 1.17. The molecule has 0 saturated carbocycles. The van der Waals surface area contributed by atoms with Crippen LogP contribution in [0, 0.1) is 0 Å². The Morgan fingerprint density at radius 3 is 2.96 bits per heavy atom. The first-order chi connectivity index (χ1) is 11.7. The van der Waals surface area contributed by atoms with Crippen LogP contribution in [0.25, 0.3) is 0 Å². The number of methoxy groups -OCH3 is 2. The first-order valence-corrected chi connectivity index (χ1v) is 8.55. The van der Waals surface area contributed by atoms with Gasteiger partial charge in [0.2, 0.25) is 0 Å². The smallest absolute Gasteiger partial charge is 0.167 e. The van der Waals surface area contributed by atoms with Crippen molar-refractivity contribution in [3.8, 4) is 5.75 Å². The summed E-state index contributed by atoms with van der Waals surface area (Å²) in [6.07, 6.45) is 3.45. The van der Waals surface area contributed by atoms with Crippen LogP contribution in [0.5, 0.6) is 5.75 Å². The second-order valence-corrected chi connectivity index (χ2v) is 6.43. The Bertz CT molecular complexity index is 676. The molecule has 1 aromatic heterocycles. The van der Waals surface area contributed by atoms with Gasteiger partial charge in [0.05, 0.1) is 18.2 Å². The summed E-state index contributed by atoms with van der Waals surface area (Å²) in [6, 6.07) is 6.17. The second kappa shape index (κ2) is 7.96. The van der Waals surface area contributed by atoms with Crippen LogP contribution in [0.15, 0.2) is 18.2 Å². The zero-order valence-electron chi connectivity index (χ0n) is 14.1. The number of aromatic amines is 1. The number of nitrogens with one attached hydrogen (secondary N) is 1. The lowest BCUT2D eigenvalue weighted by Gasteiger charge is -2.34. The maximum absolute atomic E-state index is 6.25. The van der Waals surface area contributed by atoms with E-state index in [2.05, 4.69) is 26.1 Å². The van der Waals surface area contributed by atoms with Crippen molar-refractivity contribution < 1.29 is 9.47 Å². The number of H-pyrrole nitrogens is 1. The molecule has 1 atom stereocenters. The molecule has 1 aromatic carbocycles. The Balaban J connectivity index is 1.75. The Morgan fingerprint density at radius 1 is 1.33 bits per heavy atom. The molecule has 2 heterocycles. The number of ether oxygens (including phenoxy) is 2. The van der Waals surface area contributed by atoms with Gasteiger partial charge in [-0.25, -0.2) is 4.98 Å². The highest BCUT2D eigenvalue weighted by Gasteiger charge is 2.27. The average Bonchev–Trinajstić information content (AvgIpc) is 3.04. The summed E-state index contributed by atoms with van der Waals surface area (Å²) in [7, 11) is 3.28. The third-order valence-corrected chi connectivity index (χ3v) is 4.64. The molecule has 0 amide bonds. The summed E-state index contributed by atoms with van der Waals surface area (Å²) in [5.74, 6) is 2.32. The molecular weight excluding hydrogens is 328 g/mol. The molecule has 0 aliphatic carbocycles. The molecule has 1 saturated heterocycles. The summed E-state index contributed by atoms with van der Waals surface area (Å²) in [6.45, 7) is 2.30. The number of hydrogen-bond donors (Lipinski definition) is 1. The monoisotopic (exact) mass is 350 g/mol. The Kier molecular flexibility index (Phi) is 5.71. The molecule has 1 fully saturated rings. The second-order valence-electron chi connectivity index (χ2n) is 6.02. The van der Waals surface area contributed by atoms with E-state index >= 15 is 0 Å². The van der Waals surface area contributed by atoms with Gasteiger partial charge < -0.3 is 9.47 Å². The third kappa shape index (κ3) is 3.88. The molecule has 2 aromatic rings. The highest BCUT2D eigenvalue weighted by Crippen LogP contribution is 2.32. The summed E-state index contributed by atoms with van der Waals surface area (Å²) in [4.78, 5) is 7.00. The van der Waals surface area contributed by atoms with Gasteiger partial charge in [-0.15, -0.1) is 0 Å². The van der Waals surface area contributed by atoms with E-state index in [-0.39, 0.29) is 6.04 Å². The predicted molar refractivity (Wildman–Crippen MR) is 92.1 cm³/mol. The fourth-order valence-corrected chi connectivity index (χ4v) is 3.46. The minimum atomic E-state index is 0.224. The zero-order chi connectivity index (χ0) is 16.9. The van der Waals surface area contributed by atoms with E-state index in [1.807, 2.05) is 12.1 Å². The minimum Gasteiger partial charge on any atom is -0.495 e. The lowest BCUT2D eigenvalue weighted by molar-refractivity contribution is 0.133. The number of aromatic nitrogens is 3. The highest BCUT2D eigenvalue weighted by atomic mass is 35.5. The van der Waals surface area contributed by atoms with Crippen LogP contribution in [0.4, 0.5) is 0 Å². The molecule has 1 aliphatic heterocycles. The number of hydrogen-bond acceptors (Lipinski definition) is 5. The fraction of sp³-hybridized carbons (Fsp3) is 0.529. The Morgan fingerprint density at radius 2 is 2.21 bits per heavy atom. The average molecular weight is 351 g/mol. The van der Waals surface area contributed by atoms with Gasteiger partial charge in [-0.2, -0.15) is 5.10 Å². The van der Waals surface area contributed by atoms with E-state index in [1.54, 1.807) is 14.2 Å². The van der Waals surface area contributed by atoms with Crippen LogP contribution in [0.2, 0.25) is 5.02 Å². The van der Waals surface area contributed by atoms with E-state index in [9.17, 15) is 0 Å². The third-order valence-electron chi connectivity index (χ3n) is 4.34. The maximum Gasteiger partial charge on any atom is 0.167 e. The molecule has 6 nitrogen and oxygen atoms in total. The van der Waals surface area contributed by atoms with Crippen molar-refractivity contribution in [3.63, 3.8) is 0 Å². The van der Waals surface area contributed by atoms with Crippen molar-refractivity contribution in [3.05, 3.63) is 40.4 Å². The van der Waals surface area contributed by atoms with Gasteiger partial charge in [-0.1, -0.05) is 24.1 Å². The van der Waals surface area contributed by atoms with Crippen molar-refractivity contribution >= 4 is 11.6 Å². The van der Waals surface area contributed by atoms with E-state index in [1.165, 1.54) is 18.4 Å². The predicted octanol–water partition coefficient (Wildman–Crippen LogP) is 3.34. The summed E-state index contributed by atoms with van der Waals surface area (Å²) < 4.78 is 10.3. The molecule has 3 rings (SSSR count). The van der Waals surface area contributed by atoms with Crippen molar-refractivity contribution in [2.45, 2.75) is 38.5 Å². The fourth-order valence-electron chi connectivity index (χ4n) is 3.18. The number of rotatable bonds is 6. The first-order valence-electron chi connectivity index (χ1n) is 8.18. The van der Waals surface area contributed by atoms with Crippen molar-refractivity contribution in [1.82, 2.24) is 20.1 Å². The molecule has 1 aliphatic rings. The van der Waals surface area contributed by atoms with Gasteiger partial charge in [0.15, 0.2) is 11.6 Å². The van der Waals surface area contributed by atoms with Gasteiger partial charge in [0, 0.05) is 13.7 Å². The minimum absolute atomic E-state index is 0.224. The number of halogens is 1. The molecule has 0 radical (unpaired) electrons. The number of piperidine rings is 1. The van der Waals surface area contributed by atoms with Gasteiger partial charge in [-0.3, -0.25) is 10.00 Å². The molecule has 7 heteroatoms. The molecule has 0 bridgehead atoms. The van der Waals surface area contributed by atoms with Crippen molar-refractivity contribution in [1.29, 1.82) is 0 Å². The number of benzene rings is 1. The van der Waals surface area contributed by atoms with E-state index in [0.29, 0.717) is 17.4 Å². The van der Waals surface area contributed by atoms with Gasteiger partial charge >= 0.3 is 0 Å². The van der Waals surface area contributed by atoms with Gasteiger partial charge in [0.1, 0.15) is 12.4 Å². The number of likely N-dealkylation sites (tertiary alicyclic amines) is 1. The maximum atomic E-state index is 6.25. The van der Waals surface area contributed by atoms with Crippen LogP contribution >= 0.6 is 11.6 Å². The lowest BCUT2D eigenvalue weighted by Crippen LogP contribution is -2.33. The van der Waals surface area contributed by atoms with Crippen LogP contribution in [-0.2, 0) is 17.9 Å². The van der Waals surface area contributed by atoms with E-state index < -0.39 is 0 Å². The first kappa shape index (κ1) is 17.2. The quantitative estimate of drug-likeness (QED) is 0.865. The van der Waals surface area contributed by atoms with Gasteiger partial charge in [-0.05, 0) is 37.1 Å². The largest absolute Gasteiger partial charge is 0.495 e. The molecule has 0 spiro atoms. The lowest BCUT2D eigenvalue weighted by atomic mass is 10.0. The van der Waals surface area contributed by atoms with E-state index in [0.717, 1.165) is 31.2 Å². The summed E-state index contributed by atoms with van der Waals surface area (Å²) in [5, 5.41) is 8.00. The normalized spacial score (nSPS) is 18.7. The van der Waals surface area contributed by atoms with Crippen LogP contribution < -0.4 is 4.74 Å². The van der Waals surface area contributed by atoms with E-state index in [4.69, 9.17) is 21.1 Å². The van der Waals surface area contributed by atoms with Crippen LogP contribution in [-0.4, -0.2) is 40.8 Å². The SMILES string of the molecule is COCc1nc([C@H]2CCCCN2Cc2ccc(OC)c(Cl)c2)n[nH]1.